The van der Waals surface area contributed by atoms with E-state index < -0.39 is 41.6 Å². The monoisotopic (exact) mass is 496 g/mol. The van der Waals surface area contributed by atoms with Gasteiger partial charge >= 0.3 is 18.0 Å². The summed E-state index contributed by atoms with van der Waals surface area (Å²) in [6.07, 6.45) is -1.08. The third-order valence-corrected chi connectivity index (χ3v) is 5.74. The standard InChI is InChI=1S/C27H32N2O7/c1-16(25(32)33)28-24(31)22(13-14-23(30)36-27(2,3)4)29-26(34)35-15-21-19-11-7-5-9-17(19)18-10-6-8-12-20(18)21/h5-12,16,21-22H,13-15H2,1-4H3,(H,28,31)(H,29,34)(H,32,33)/t16-,22-/m0/s1. The highest BCUT2D eigenvalue weighted by atomic mass is 16.6. The van der Waals surface area contributed by atoms with Crippen LogP contribution in [0.1, 0.15) is 57.6 Å². The van der Waals surface area contributed by atoms with Gasteiger partial charge in [0.2, 0.25) is 5.91 Å². The van der Waals surface area contributed by atoms with Gasteiger partial charge < -0.3 is 25.2 Å². The second kappa shape index (κ2) is 11.2. The van der Waals surface area contributed by atoms with E-state index in [9.17, 15) is 19.2 Å². The zero-order valence-corrected chi connectivity index (χ0v) is 20.9. The van der Waals surface area contributed by atoms with E-state index in [4.69, 9.17) is 14.6 Å². The number of carbonyl (C=O) groups excluding carboxylic acids is 3. The molecule has 0 saturated carbocycles. The summed E-state index contributed by atoms with van der Waals surface area (Å²) in [5.74, 6) is -2.66. The maximum Gasteiger partial charge on any atom is 0.407 e. The van der Waals surface area contributed by atoms with Crippen molar-refractivity contribution in [1.29, 1.82) is 0 Å². The number of fused-ring (bicyclic) bond motifs is 3. The first-order valence-electron chi connectivity index (χ1n) is 11.8. The molecular formula is C27H32N2O7. The van der Waals surface area contributed by atoms with Crippen molar-refractivity contribution in [2.24, 2.45) is 0 Å². The molecule has 0 fully saturated rings. The minimum Gasteiger partial charge on any atom is -0.480 e. The van der Waals surface area contributed by atoms with Crippen LogP contribution < -0.4 is 10.6 Å². The van der Waals surface area contributed by atoms with Crippen molar-refractivity contribution in [3.05, 3.63) is 59.7 Å². The second-order valence-electron chi connectivity index (χ2n) is 9.72. The van der Waals surface area contributed by atoms with Crippen molar-refractivity contribution in [2.45, 2.75) is 64.1 Å². The number of ether oxygens (including phenoxy) is 2. The van der Waals surface area contributed by atoms with Crippen LogP contribution in [0.2, 0.25) is 0 Å². The molecule has 0 bridgehead atoms. The van der Waals surface area contributed by atoms with Gasteiger partial charge in [0, 0.05) is 12.3 Å². The topological polar surface area (TPSA) is 131 Å². The number of amides is 2. The van der Waals surface area contributed by atoms with E-state index in [-0.39, 0.29) is 25.4 Å². The van der Waals surface area contributed by atoms with Crippen molar-refractivity contribution >= 4 is 23.9 Å². The van der Waals surface area contributed by atoms with E-state index in [1.54, 1.807) is 20.8 Å². The molecular weight excluding hydrogens is 464 g/mol. The third-order valence-electron chi connectivity index (χ3n) is 5.74. The molecule has 1 aliphatic rings. The minimum absolute atomic E-state index is 0.0474. The normalized spacial score (nSPS) is 14.1. The molecule has 3 rings (SSSR count). The molecule has 0 saturated heterocycles. The van der Waals surface area contributed by atoms with E-state index in [2.05, 4.69) is 10.6 Å². The molecule has 0 heterocycles. The molecule has 1 aliphatic carbocycles. The average Bonchev–Trinajstić information content (AvgIpc) is 3.12. The van der Waals surface area contributed by atoms with Crippen molar-refractivity contribution in [3.63, 3.8) is 0 Å². The number of benzene rings is 2. The number of rotatable bonds is 9. The number of carboxylic acid groups (broad SMARTS) is 1. The fourth-order valence-corrected chi connectivity index (χ4v) is 4.08. The van der Waals surface area contributed by atoms with Crippen LogP contribution in [0.5, 0.6) is 0 Å². The van der Waals surface area contributed by atoms with Gasteiger partial charge in [-0.05, 0) is 56.4 Å². The molecule has 2 atom stereocenters. The predicted molar refractivity (Wildman–Crippen MR) is 132 cm³/mol. The fourth-order valence-electron chi connectivity index (χ4n) is 4.08. The highest BCUT2D eigenvalue weighted by Crippen LogP contribution is 2.44. The van der Waals surface area contributed by atoms with Gasteiger partial charge in [0.1, 0.15) is 24.3 Å². The molecule has 9 heteroatoms. The van der Waals surface area contributed by atoms with Crippen LogP contribution in [0.3, 0.4) is 0 Å². The number of hydrogen-bond donors (Lipinski definition) is 3. The van der Waals surface area contributed by atoms with Crippen molar-refractivity contribution in [3.8, 4) is 11.1 Å². The first kappa shape index (κ1) is 26.7. The lowest BCUT2D eigenvalue weighted by molar-refractivity contribution is -0.155. The Bertz CT molecular complexity index is 1090. The van der Waals surface area contributed by atoms with Crippen LogP contribution >= 0.6 is 0 Å². The molecule has 0 aromatic heterocycles. The van der Waals surface area contributed by atoms with E-state index in [1.807, 2.05) is 48.5 Å². The molecule has 2 amide bonds. The van der Waals surface area contributed by atoms with Crippen LogP contribution in [-0.2, 0) is 23.9 Å². The Kier molecular flexibility index (Phi) is 8.34. The molecule has 192 valence electrons. The Morgan fingerprint density at radius 3 is 2.03 bits per heavy atom. The van der Waals surface area contributed by atoms with Gasteiger partial charge in [0.05, 0.1) is 0 Å². The lowest BCUT2D eigenvalue weighted by atomic mass is 9.98. The van der Waals surface area contributed by atoms with Crippen LogP contribution in [0.25, 0.3) is 11.1 Å². The highest BCUT2D eigenvalue weighted by molar-refractivity contribution is 5.89. The minimum atomic E-state index is -1.23. The molecule has 9 nitrogen and oxygen atoms in total. The van der Waals surface area contributed by atoms with Gasteiger partial charge in [-0.15, -0.1) is 0 Å². The molecule has 36 heavy (non-hydrogen) atoms. The van der Waals surface area contributed by atoms with E-state index in [1.165, 1.54) is 6.92 Å². The summed E-state index contributed by atoms with van der Waals surface area (Å²) < 4.78 is 10.8. The quantitative estimate of drug-likeness (QED) is 0.452. The Morgan fingerprint density at radius 1 is 0.944 bits per heavy atom. The number of alkyl carbamates (subject to hydrolysis) is 1. The zero-order chi connectivity index (χ0) is 26.5. The molecule has 0 radical (unpaired) electrons. The summed E-state index contributed by atoms with van der Waals surface area (Å²) in [5.41, 5.74) is 3.55. The summed E-state index contributed by atoms with van der Waals surface area (Å²) in [4.78, 5) is 48.7. The number of carboxylic acids is 1. The van der Waals surface area contributed by atoms with Crippen molar-refractivity contribution < 1.29 is 33.8 Å². The van der Waals surface area contributed by atoms with E-state index >= 15 is 0 Å². The largest absolute Gasteiger partial charge is 0.480 e. The van der Waals surface area contributed by atoms with Gasteiger partial charge in [0.25, 0.3) is 0 Å². The number of nitrogens with one attached hydrogen (secondary N) is 2. The molecule has 0 unspecified atom stereocenters. The smallest absolute Gasteiger partial charge is 0.407 e. The highest BCUT2D eigenvalue weighted by Gasteiger charge is 2.30. The number of esters is 1. The molecule has 2 aromatic rings. The molecule has 0 aliphatic heterocycles. The molecule has 3 N–H and O–H groups in total. The van der Waals surface area contributed by atoms with Crippen LogP contribution in [0.15, 0.2) is 48.5 Å². The maximum absolute atomic E-state index is 12.7. The predicted octanol–water partition coefficient (Wildman–Crippen LogP) is 3.60. The van der Waals surface area contributed by atoms with E-state index in [0.29, 0.717) is 0 Å². The Morgan fingerprint density at radius 2 is 1.50 bits per heavy atom. The Hall–Kier alpha value is -3.88. The molecule has 0 spiro atoms. The lowest BCUT2D eigenvalue weighted by Crippen LogP contribution is -2.51. The lowest BCUT2D eigenvalue weighted by Gasteiger charge is -2.22. The van der Waals surface area contributed by atoms with Crippen molar-refractivity contribution in [2.75, 3.05) is 6.61 Å². The zero-order valence-electron chi connectivity index (χ0n) is 20.9. The summed E-state index contributed by atoms with van der Waals surface area (Å²) in [5, 5.41) is 13.9. The fraction of sp³-hybridized carbons (Fsp3) is 0.407. The van der Waals surface area contributed by atoms with Gasteiger partial charge in [-0.2, -0.15) is 0 Å². The SMILES string of the molecule is C[C@H](NC(=O)[C@H](CCC(=O)OC(C)(C)C)NC(=O)OCC1c2ccccc2-c2ccccc21)C(=O)O. The second-order valence-corrected chi connectivity index (χ2v) is 9.72. The maximum atomic E-state index is 12.7. The van der Waals surface area contributed by atoms with Crippen LogP contribution in [0, 0.1) is 0 Å². The summed E-state index contributed by atoms with van der Waals surface area (Å²) in [7, 11) is 0. The Balaban J connectivity index is 1.66. The number of hydrogen-bond acceptors (Lipinski definition) is 6. The van der Waals surface area contributed by atoms with Gasteiger partial charge in [-0.3, -0.25) is 14.4 Å². The first-order chi connectivity index (χ1) is 17.0. The van der Waals surface area contributed by atoms with Gasteiger partial charge in [0.15, 0.2) is 0 Å². The molecule has 2 aromatic carbocycles. The first-order valence-corrected chi connectivity index (χ1v) is 11.8. The van der Waals surface area contributed by atoms with Crippen LogP contribution in [0.4, 0.5) is 4.79 Å². The Labute approximate surface area is 210 Å². The number of aliphatic carboxylic acids is 1. The van der Waals surface area contributed by atoms with Crippen molar-refractivity contribution in [1.82, 2.24) is 10.6 Å². The van der Waals surface area contributed by atoms with Crippen LogP contribution in [-0.4, -0.2) is 53.3 Å². The summed E-state index contributed by atoms with van der Waals surface area (Å²) in [6.45, 7) is 6.51. The third kappa shape index (κ3) is 6.84. The summed E-state index contributed by atoms with van der Waals surface area (Å²) in [6, 6.07) is 13.4. The summed E-state index contributed by atoms with van der Waals surface area (Å²) >= 11 is 0. The number of carbonyl (C=O) groups is 4. The average molecular weight is 497 g/mol. The van der Waals surface area contributed by atoms with Gasteiger partial charge in [-0.1, -0.05) is 48.5 Å². The van der Waals surface area contributed by atoms with E-state index in [0.717, 1.165) is 22.3 Å². The van der Waals surface area contributed by atoms with Gasteiger partial charge in [-0.25, -0.2) is 4.79 Å².